The second kappa shape index (κ2) is 3.94. The zero-order chi connectivity index (χ0) is 8.97. The Balaban J connectivity index is 2.84. The third-order valence-electron chi connectivity index (χ3n) is 1.61. The van der Waals surface area contributed by atoms with Gasteiger partial charge in [0.05, 0.1) is 0 Å². The molecule has 0 aromatic carbocycles. The Kier molecular flexibility index (Phi) is 2.90. The van der Waals surface area contributed by atoms with Gasteiger partial charge in [0.2, 0.25) is 0 Å². The molecule has 1 aromatic heterocycles. The number of hydrogen-bond donors (Lipinski definition) is 2. The molecule has 4 heteroatoms. The number of nitrogens with two attached hydrogens (primary N) is 2. The highest BCUT2D eigenvalue weighted by Gasteiger charge is 2.02. The van der Waals surface area contributed by atoms with E-state index in [9.17, 15) is 4.79 Å². The van der Waals surface area contributed by atoms with Crippen LogP contribution >= 0.6 is 0 Å². The Morgan fingerprint density at radius 3 is 2.75 bits per heavy atom. The minimum absolute atomic E-state index is 0.196. The minimum atomic E-state index is -0.196. The summed E-state index contributed by atoms with van der Waals surface area (Å²) in [5, 5.41) is 0. The van der Waals surface area contributed by atoms with Crippen LogP contribution in [0.3, 0.4) is 0 Å². The molecule has 4 nitrogen and oxygen atoms in total. The monoisotopic (exact) mass is 165 g/mol. The van der Waals surface area contributed by atoms with Gasteiger partial charge >= 0.3 is 0 Å². The van der Waals surface area contributed by atoms with Crippen LogP contribution in [0.4, 0.5) is 0 Å². The number of aromatic nitrogens is 1. The molecule has 4 N–H and O–H groups in total. The van der Waals surface area contributed by atoms with Gasteiger partial charge in [-0.15, -0.1) is 0 Å². The molecule has 0 aliphatic carbocycles. The van der Waals surface area contributed by atoms with E-state index in [-0.39, 0.29) is 6.04 Å². The van der Waals surface area contributed by atoms with Gasteiger partial charge in [0, 0.05) is 18.8 Å². The maximum absolute atomic E-state index is 10.2. The fourth-order valence-electron chi connectivity index (χ4n) is 0.842. The number of rotatable bonds is 3. The van der Waals surface area contributed by atoms with Crippen molar-refractivity contribution in [3.8, 4) is 0 Å². The van der Waals surface area contributed by atoms with Crippen molar-refractivity contribution in [2.24, 2.45) is 11.5 Å². The van der Waals surface area contributed by atoms with Crippen LogP contribution in [-0.2, 0) is 0 Å². The van der Waals surface area contributed by atoms with E-state index in [1.165, 1.54) is 0 Å². The predicted molar refractivity (Wildman–Crippen MR) is 45.6 cm³/mol. The first kappa shape index (κ1) is 8.83. The van der Waals surface area contributed by atoms with E-state index in [1.807, 2.05) is 0 Å². The first-order valence-corrected chi connectivity index (χ1v) is 3.64. The van der Waals surface area contributed by atoms with Gasteiger partial charge in [-0.25, -0.2) is 0 Å². The molecule has 0 saturated carbocycles. The maximum Gasteiger partial charge on any atom is 0.168 e. The standard InChI is InChI=1S/C8H11N3O/c9-3-8(10)6-1-2-7(5-12)11-4-6/h1-2,4-5,8H,3,9-10H2/t8-/m1/s1. The Morgan fingerprint density at radius 2 is 2.33 bits per heavy atom. The summed E-state index contributed by atoms with van der Waals surface area (Å²) in [5.74, 6) is 0. The van der Waals surface area contributed by atoms with Crippen LogP contribution in [-0.4, -0.2) is 17.8 Å². The van der Waals surface area contributed by atoms with E-state index in [0.717, 1.165) is 5.56 Å². The normalized spacial score (nSPS) is 12.5. The molecule has 1 rings (SSSR count). The summed E-state index contributed by atoms with van der Waals surface area (Å²) >= 11 is 0. The molecule has 0 saturated heterocycles. The smallest absolute Gasteiger partial charge is 0.168 e. The lowest BCUT2D eigenvalue weighted by atomic mass is 10.1. The first-order chi connectivity index (χ1) is 5.77. The van der Waals surface area contributed by atoms with Gasteiger partial charge in [-0.3, -0.25) is 9.78 Å². The molecule has 0 radical (unpaired) electrons. The zero-order valence-electron chi connectivity index (χ0n) is 6.60. The van der Waals surface area contributed by atoms with Crippen LogP contribution in [0.1, 0.15) is 22.1 Å². The molecule has 64 valence electrons. The van der Waals surface area contributed by atoms with Crippen molar-refractivity contribution in [1.29, 1.82) is 0 Å². The number of nitrogens with zero attached hydrogens (tertiary/aromatic N) is 1. The van der Waals surface area contributed by atoms with Crippen LogP contribution in [0.2, 0.25) is 0 Å². The van der Waals surface area contributed by atoms with Crippen molar-refractivity contribution >= 4 is 6.29 Å². The summed E-state index contributed by atoms with van der Waals surface area (Å²) in [5.41, 5.74) is 12.2. The SMILES string of the molecule is NC[C@@H](N)c1ccc(C=O)nc1. The summed E-state index contributed by atoms with van der Waals surface area (Å²) in [6.07, 6.45) is 2.26. The molecular formula is C8H11N3O. The topological polar surface area (TPSA) is 82.0 Å². The average Bonchev–Trinajstić information content (AvgIpc) is 2.17. The lowest BCUT2D eigenvalue weighted by Crippen LogP contribution is -2.20. The van der Waals surface area contributed by atoms with Gasteiger partial charge in [0.15, 0.2) is 6.29 Å². The molecule has 0 bridgehead atoms. The van der Waals surface area contributed by atoms with E-state index in [1.54, 1.807) is 18.3 Å². The molecule has 1 atom stereocenters. The Morgan fingerprint density at radius 1 is 1.58 bits per heavy atom. The number of carbonyl (C=O) groups is 1. The van der Waals surface area contributed by atoms with Gasteiger partial charge in [0.25, 0.3) is 0 Å². The Labute approximate surface area is 70.6 Å². The van der Waals surface area contributed by atoms with Crippen molar-refractivity contribution in [3.05, 3.63) is 29.6 Å². The second-order valence-electron chi connectivity index (χ2n) is 2.48. The molecule has 0 aliphatic rings. The van der Waals surface area contributed by atoms with Crippen molar-refractivity contribution in [1.82, 2.24) is 4.98 Å². The van der Waals surface area contributed by atoms with E-state index in [2.05, 4.69) is 4.98 Å². The van der Waals surface area contributed by atoms with Gasteiger partial charge < -0.3 is 11.5 Å². The third kappa shape index (κ3) is 1.87. The number of aldehydes is 1. The van der Waals surface area contributed by atoms with Gasteiger partial charge in [-0.05, 0) is 11.6 Å². The summed E-state index contributed by atoms with van der Waals surface area (Å²) in [7, 11) is 0. The second-order valence-corrected chi connectivity index (χ2v) is 2.48. The molecule has 0 fully saturated rings. The van der Waals surface area contributed by atoms with Gasteiger partial charge in [0.1, 0.15) is 5.69 Å². The fraction of sp³-hybridized carbons (Fsp3) is 0.250. The Hall–Kier alpha value is -1.26. The molecule has 1 aromatic rings. The minimum Gasteiger partial charge on any atom is -0.329 e. The van der Waals surface area contributed by atoms with Gasteiger partial charge in [-0.2, -0.15) is 0 Å². The van der Waals surface area contributed by atoms with Crippen LogP contribution in [0.5, 0.6) is 0 Å². The van der Waals surface area contributed by atoms with Crippen LogP contribution in [0.15, 0.2) is 18.3 Å². The number of pyridine rings is 1. The predicted octanol–water partition coefficient (Wildman–Crippen LogP) is -0.147. The van der Waals surface area contributed by atoms with Crippen molar-refractivity contribution < 1.29 is 4.79 Å². The van der Waals surface area contributed by atoms with Crippen molar-refractivity contribution in [3.63, 3.8) is 0 Å². The van der Waals surface area contributed by atoms with E-state index in [0.29, 0.717) is 18.5 Å². The summed E-state index contributed by atoms with van der Waals surface area (Å²) in [4.78, 5) is 14.1. The highest BCUT2D eigenvalue weighted by atomic mass is 16.1. The molecule has 0 aliphatic heterocycles. The van der Waals surface area contributed by atoms with Crippen molar-refractivity contribution in [2.45, 2.75) is 6.04 Å². The van der Waals surface area contributed by atoms with E-state index in [4.69, 9.17) is 11.5 Å². The highest BCUT2D eigenvalue weighted by Crippen LogP contribution is 2.06. The average molecular weight is 165 g/mol. The largest absolute Gasteiger partial charge is 0.329 e. The lowest BCUT2D eigenvalue weighted by molar-refractivity contribution is 0.111. The third-order valence-corrected chi connectivity index (χ3v) is 1.61. The van der Waals surface area contributed by atoms with Crippen molar-refractivity contribution in [2.75, 3.05) is 6.54 Å². The van der Waals surface area contributed by atoms with Crippen LogP contribution in [0.25, 0.3) is 0 Å². The lowest BCUT2D eigenvalue weighted by Gasteiger charge is -2.07. The van der Waals surface area contributed by atoms with E-state index < -0.39 is 0 Å². The maximum atomic E-state index is 10.2. The fourth-order valence-corrected chi connectivity index (χ4v) is 0.842. The van der Waals surface area contributed by atoms with Gasteiger partial charge in [-0.1, -0.05) is 6.07 Å². The molecular weight excluding hydrogens is 154 g/mol. The molecule has 1 heterocycles. The van der Waals surface area contributed by atoms with Crippen LogP contribution in [0, 0.1) is 0 Å². The number of carbonyl (C=O) groups excluding carboxylic acids is 1. The molecule has 12 heavy (non-hydrogen) atoms. The quantitative estimate of drug-likeness (QED) is 0.610. The van der Waals surface area contributed by atoms with Crippen LogP contribution < -0.4 is 11.5 Å². The summed E-state index contributed by atoms with van der Waals surface area (Å²) < 4.78 is 0. The van der Waals surface area contributed by atoms with E-state index >= 15 is 0 Å². The zero-order valence-corrected chi connectivity index (χ0v) is 6.60. The molecule has 0 spiro atoms. The molecule has 0 amide bonds. The summed E-state index contributed by atoms with van der Waals surface area (Å²) in [6.45, 7) is 0.377. The summed E-state index contributed by atoms with van der Waals surface area (Å²) in [6, 6.07) is 3.18. The highest BCUT2D eigenvalue weighted by molar-refractivity contribution is 5.71. The Bertz CT molecular complexity index is 258. The number of hydrogen-bond acceptors (Lipinski definition) is 4. The molecule has 0 unspecified atom stereocenters. The first-order valence-electron chi connectivity index (χ1n) is 3.64.